The summed E-state index contributed by atoms with van der Waals surface area (Å²) in [5, 5.41) is 2.97. The van der Waals surface area contributed by atoms with E-state index in [-0.39, 0.29) is 11.1 Å². The summed E-state index contributed by atoms with van der Waals surface area (Å²) >= 11 is 5.52. The molecule has 1 fully saturated rings. The summed E-state index contributed by atoms with van der Waals surface area (Å²) in [7, 11) is 0. The van der Waals surface area contributed by atoms with Crippen molar-refractivity contribution < 1.29 is 4.39 Å². The number of anilines is 1. The molecule has 1 saturated carbocycles. The van der Waals surface area contributed by atoms with Crippen LogP contribution in [0.5, 0.6) is 0 Å². The first-order chi connectivity index (χ1) is 6.25. The monoisotopic (exact) mass is 201 g/mol. The van der Waals surface area contributed by atoms with Gasteiger partial charge in [0.1, 0.15) is 0 Å². The van der Waals surface area contributed by atoms with Gasteiger partial charge in [-0.2, -0.15) is 4.98 Å². The molecular formula is C8H9ClFN3. The fraction of sp³-hybridized carbons (Fsp3) is 0.500. The zero-order chi connectivity index (χ0) is 9.26. The van der Waals surface area contributed by atoms with Crippen LogP contribution in [0.15, 0.2) is 6.20 Å². The van der Waals surface area contributed by atoms with Crippen LogP contribution in [0.1, 0.15) is 12.8 Å². The van der Waals surface area contributed by atoms with Crippen LogP contribution in [0.3, 0.4) is 0 Å². The van der Waals surface area contributed by atoms with Gasteiger partial charge in [0, 0.05) is 6.54 Å². The molecule has 1 aromatic heterocycles. The van der Waals surface area contributed by atoms with Gasteiger partial charge in [-0.3, -0.25) is 0 Å². The van der Waals surface area contributed by atoms with Crippen LogP contribution in [-0.4, -0.2) is 16.5 Å². The van der Waals surface area contributed by atoms with Crippen molar-refractivity contribution >= 4 is 17.4 Å². The second-order valence-electron chi connectivity index (χ2n) is 3.16. The molecule has 2 rings (SSSR count). The van der Waals surface area contributed by atoms with Crippen molar-refractivity contribution in [3.05, 3.63) is 17.3 Å². The van der Waals surface area contributed by atoms with Crippen molar-refractivity contribution in [2.45, 2.75) is 12.8 Å². The fourth-order valence-electron chi connectivity index (χ4n) is 1.03. The quantitative estimate of drug-likeness (QED) is 0.761. The SMILES string of the molecule is Fc1cnc(Cl)nc1NCC1CC1. The van der Waals surface area contributed by atoms with Crippen LogP contribution in [0, 0.1) is 11.7 Å². The Morgan fingerprint density at radius 1 is 1.62 bits per heavy atom. The maximum absolute atomic E-state index is 13.0. The predicted octanol–water partition coefficient (Wildman–Crippen LogP) is 2.09. The Morgan fingerprint density at radius 3 is 3.08 bits per heavy atom. The van der Waals surface area contributed by atoms with Crippen LogP contribution in [0.4, 0.5) is 10.2 Å². The third-order valence-electron chi connectivity index (χ3n) is 1.97. The van der Waals surface area contributed by atoms with E-state index in [2.05, 4.69) is 15.3 Å². The Morgan fingerprint density at radius 2 is 2.38 bits per heavy atom. The molecule has 0 spiro atoms. The predicted molar refractivity (Wildman–Crippen MR) is 48.2 cm³/mol. The molecule has 1 aromatic rings. The molecule has 0 amide bonds. The Balaban J connectivity index is 2.03. The van der Waals surface area contributed by atoms with Crippen LogP contribution in [0.2, 0.25) is 5.28 Å². The van der Waals surface area contributed by atoms with E-state index < -0.39 is 5.82 Å². The average Bonchev–Trinajstić information content (AvgIpc) is 2.90. The normalized spacial score (nSPS) is 15.8. The number of nitrogens with one attached hydrogen (secondary N) is 1. The minimum absolute atomic E-state index is 0.0692. The lowest BCUT2D eigenvalue weighted by Gasteiger charge is -2.04. The van der Waals surface area contributed by atoms with E-state index in [1.807, 2.05) is 0 Å². The number of rotatable bonds is 3. The number of nitrogens with zero attached hydrogens (tertiary/aromatic N) is 2. The van der Waals surface area contributed by atoms with Gasteiger partial charge in [-0.15, -0.1) is 0 Å². The average molecular weight is 202 g/mol. The minimum atomic E-state index is -0.454. The summed E-state index contributed by atoms with van der Waals surface area (Å²) in [4.78, 5) is 7.26. The van der Waals surface area contributed by atoms with E-state index in [4.69, 9.17) is 11.6 Å². The molecule has 0 radical (unpaired) electrons. The molecule has 1 aliphatic rings. The summed E-state index contributed by atoms with van der Waals surface area (Å²) in [5.41, 5.74) is 0. The van der Waals surface area contributed by atoms with Crippen LogP contribution in [0.25, 0.3) is 0 Å². The summed E-state index contributed by atoms with van der Waals surface area (Å²) in [6.45, 7) is 0.768. The highest BCUT2D eigenvalue weighted by atomic mass is 35.5. The van der Waals surface area contributed by atoms with Crippen molar-refractivity contribution in [3.8, 4) is 0 Å². The van der Waals surface area contributed by atoms with Gasteiger partial charge < -0.3 is 5.32 Å². The standard InChI is InChI=1S/C8H9ClFN3/c9-8-12-4-6(10)7(13-8)11-3-5-1-2-5/h4-5H,1-3H2,(H,11,12,13). The first kappa shape index (κ1) is 8.69. The Labute approximate surface area is 80.3 Å². The van der Waals surface area contributed by atoms with E-state index in [0.717, 1.165) is 12.7 Å². The smallest absolute Gasteiger partial charge is 0.224 e. The molecule has 70 valence electrons. The largest absolute Gasteiger partial charge is 0.367 e. The molecule has 0 bridgehead atoms. The summed E-state index contributed by atoms with van der Waals surface area (Å²) in [6, 6.07) is 0. The maximum Gasteiger partial charge on any atom is 0.224 e. The van der Waals surface area contributed by atoms with Crippen molar-refractivity contribution in [2.24, 2.45) is 5.92 Å². The first-order valence-electron chi connectivity index (χ1n) is 4.17. The van der Waals surface area contributed by atoms with Crippen LogP contribution in [-0.2, 0) is 0 Å². The molecule has 0 saturated heterocycles. The van der Waals surface area contributed by atoms with E-state index in [1.54, 1.807) is 0 Å². The van der Waals surface area contributed by atoms with E-state index in [0.29, 0.717) is 5.92 Å². The summed E-state index contributed by atoms with van der Waals surface area (Å²) in [5.74, 6) is 0.421. The second kappa shape index (κ2) is 3.46. The van der Waals surface area contributed by atoms with Gasteiger partial charge in [-0.1, -0.05) is 0 Å². The van der Waals surface area contributed by atoms with Crippen molar-refractivity contribution in [1.29, 1.82) is 0 Å². The van der Waals surface area contributed by atoms with Gasteiger partial charge in [0.15, 0.2) is 11.6 Å². The number of hydrogen-bond acceptors (Lipinski definition) is 3. The van der Waals surface area contributed by atoms with Crippen molar-refractivity contribution in [1.82, 2.24) is 9.97 Å². The summed E-state index contributed by atoms with van der Waals surface area (Å²) in [6.07, 6.45) is 3.51. The highest BCUT2D eigenvalue weighted by molar-refractivity contribution is 6.28. The molecule has 5 heteroatoms. The molecule has 0 atom stereocenters. The van der Waals surface area contributed by atoms with Crippen LogP contribution < -0.4 is 5.32 Å². The topological polar surface area (TPSA) is 37.8 Å². The number of hydrogen-bond donors (Lipinski definition) is 1. The zero-order valence-electron chi connectivity index (χ0n) is 6.93. The molecule has 1 heterocycles. The zero-order valence-corrected chi connectivity index (χ0v) is 7.68. The lowest BCUT2D eigenvalue weighted by Crippen LogP contribution is -2.07. The van der Waals surface area contributed by atoms with Gasteiger partial charge >= 0.3 is 0 Å². The molecule has 0 aliphatic heterocycles. The summed E-state index contributed by atoms with van der Waals surface area (Å²) < 4.78 is 13.0. The van der Waals surface area contributed by atoms with E-state index in [1.165, 1.54) is 12.8 Å². The molecule has 0 aromatic carbocycles. The van der Waals surface area contributed by atoms with Crippen LogP contribution >= 0.6 is 11.6 Å². The Bertz CT molecular complexity index is 314. The molecular weight excluding hydrogens is 193 g/mol. The van der Waals surface area contributed by atoms with Gasteiger partial charge in [0.25, 0.3) is 0 Å². The number of aromatic nitrogens is 2. The number of halogens is 2. The van der Waals surface area contributed by atoms with E-state index in [9.17, 15) is 4.39 Å². The van der Waals surface area contributed by atoms with E-state index >= 15 is 0 Å². The third kappa shape index (κ3) is 2.28. The molecule has 0 unspecified atom stereocenters. The fourth-order valence-corrected chi connectivity index (χ4v) is 1.17. The third-order valence-corrected chi connectivity index (χ3v) is 2.15. The lowest BCUT2D eigenvalue weighted by molar-refractivity contribution is 0.615. The lowest BCUT2D eigenvalue weighted by atomic mass is 10.4. The van der Waals surface area contributed by atoms with Crippen molar-refractivity contribution in [3.63, 3.8) is 0 Å². The molecule has 3 nitrogen and oxygen atoms in total. The highest BCUT2D eigenvalue weighted by Crippen LogP contribution is 2.28. The first-order valence-corrected chi connectivity index (χ1v) is 4.55. The van der Waals surface area contributed by atoms with Gasteiger partial charge in [0.05, 0.1) is 6.20 Å². The van der Waals surface area contributed by atoms with Gasteiger partial charge in [-0.25, -0.2) is 9.37 Å². The van der Waals surface area contributed by atoms with Crippen molar-refractivity contribution in [2.75, 3.05) is 11.9 Å². The van der Waals surface area contributed by atoms with Gasteiger partial charge in [-0.05, 0) is 30.4 Å². The second-order valence-corrected chi connectivity index (χ2v) is 3.50. The molecule has 1 N–H and O–H groups in total. The maximum atomic E-state index is 13.0. The minimum Gasteiger partial charge on any atom is -0.367 e. The Hall–Kier alpha value is -0.900. The highest BCUT2D eigenvalue weighted by Gasteiger charge is 2.21. The molecule has 13 heavy (non-hydrogen) atoms. The Kier molecular flexibility index (Phi) is 2.31. The van der Waals surface area contributed by atoms with Gasteiger partial charge in [0.2, 0.25) is 5.28 Å². The molecule has 1 aliphatic carbocycles.